The standard InChI is InChI=1S/C7H11O9P.Mg/c8-4(9)1-2-7(6(12)13,3-5(10)11)17(14,15)16;/h1-3H2,(H,8,9)(H,10,11)(H,12,13)(H2,14,15,16);. The summed E-state index contributed by atoms with van der Waals surface area (Å²) in [5.74, 6) is -5.25. The van der Waals surface area contributed by atoms with Crippen LogP contribution in [-0.4, -0.2) is 71.2 Å². The summed E-state index contributed by atoms with van der Waals surface area (Å²) in [6.45, 7) is 0. The summed E-state index contributed by atoms with van der Waals surface area (Å²) in [4.78, 5) is 49.5. The van der Waals surface area contributed by atoms with Crippen molar-refractivity contribution in [3.8, 4) is 0 Å². The maximum absolute atomic E-state index is 11.1. The Morgan fingerprint density at radius 2 is 1.44 bits per heavy atom. The van der Waals surface area contributed by atoms with Crippen LogP contribution < -0.4 is 0 Å². The molecule has 11 heteroatoms. The minimum Gasteiger partial charge on any atom is -0.481 e. The van der Waals surface area contributed by atoms with Gasteiger partial charge >= 0.3 is 25.5 Å². The molecule has 9 nitrogen and oxygen atoms in total. The van der Waals surface area contributed by atoms with Gasteiger partial charge < -0.3 is 25.1 Å². The molecule has 0 saturated carbocycles. The molecule has 0 aromatic rings. The van der Waals surface area contributed by atoms with Crippen molar-refractivity contribution >= 4 is 48.6 Å². The minimum absolute atomic E-state index is 0. The van der Waals surface area contributed by atoms with Crippen molar-refractivity contribution in [2.24, 2.45) is 0 Å². The highest BCUT2D eigenvalue weighted by Crippen LogP contribution is 2.55. The Bertz CT molecular complexity index is 388. The third-order valence-electron chi connectivity index (χ3n) is 2.15. The fourth-order valence-corrected chi connectivity index (χ4v) is 2.20. The first kappa shape index (κ1) is 19.7. The fourth-order valence-electron chi connectivity index (χ4n) is 1.21. The van der Waals surface area contributed by atoms with Crippen LogP contribution in [0.5, 0.6) is 0 Å². The second-order valence-electron chi connectivity index (χ2n) is 3.35. The molecular formula is C7H11MgO9P. The molecule has 0 fully saturated rings. The zero-order valence-electron chi connectivity index (χ0n) is 9.14. The van der Waals surface area contributed by atoms with Gasteiger partial charge in [0.15, 0.2) is 5.16 Å². The summed E-state index contributed by atoms with van der Waals surface area (Å²) in [7, 11) is -5.32. The van der Waals surface area contributed by atoms with E-state index in [1.807, 2.05) is 0 Å². The summed E-state index contributed by atoms with van der Waals surface area (Å²) >= 11 is 0. The zero-order chi connectivity index (χ0) is 13.9. The molecule has 0 amide bonds. The second kappa shape index (κ2) is 7.05. The van der Waals surface area contributed by atoms with E-state index in [-0.39, 0.29) is 23.1 Å². The van der Waals surface area contributed by atoms with Gasteiger partial charge in [-0.3, -0.25) is 18.9 Å². The van der Waals surface area contributed by atoms with Crippen LogP contribution in [0.25, 0.3) is 0 Å². The SMILES string of the molecule is O=C(O)CCC(CC(=O)O)(C(=O)O)P(=O)(O)O.[Mg]. The van der Waals surface area contributed by atoms with Gasteiger partial charge in [-0.1, -0.05) is 0 Å². The normalized spacial score (nSPS) is 14.1. The number of aliphatic carboxylic acids is 3. The second-order valence-corrected chi connectivity index (χ2v) is 5.29. The van der Waals surface area contributed by atoms with Gasteiger partial charge in [0.05, 0.1) is 6.42 Å². The number of carbonyl (C=O) groups is 3. The Hall–Kier alpha value is -0.674. The third-order valence-corrected chi connectivity index (χ3v) is 3.84. The van der Waals surface area contributed by atoms with Crippen LogP contribution in [0, 0.1) is 0 Å². The molecule has 1 atom stereocenters. The molecule has 0 aliphatic rings. The molecule has 5 N–H and O–H groups in total. The van der Waals surface area contributed by atoms with Crippen molar-refractivity contribution in [3.05, 3.63) is 0 Å². The lowest BCUT2D eigenvalue weighted by atomic mass is 9.98. The molecule has 100 valence electrons. The number of hydrogen-bond donors (Lipinski definition) is 5. The van der Waals surface area contributed by atoms with Crippen molar-refractivity contribution in [2.75, 3.05) is 0 Å². The van der Waals surface area contributed by atoms with Crippen LogP contribution in [0.2, 0.25) is 0 Å². The summed E-state index contributed by atoms with van der Waals surface area (Å²) in [6, 6.07) is 0. The lowest BCUT2D eigenvalue weighted by Gasteiger charge is -2.27. The molecule has 0 spiro atoms. The van der Waals surface area contributed by atoms with E-state index in [0.717, 1.165) is 0 Å². The van der Waals surface area contributed by atoms with E-state index in [0.29, 0.717) is 0 Å². The van der Waals surface area contributed by atoms with Gasteiger partial charge in [-0.25, -0.2) is 0 Å². The van der Waals surface area contributed by atoms with Gasteiger partial charge in [-0.05, 0) is 6.42 Å². The van der Waals surface area contributed by atoms with Gasteiger partial charge in [-0.15, -0.1) is 0 Å². The average molecular weight is 294 g/mol. The third kappa shape index (κ3) is 4.90. The first-order valence-corrected chi connectivity index (χ1v) is 5.87. The topological polar surface area (TPSA) is 169 Å². The molecule has 0 aromatic carbocycles. The van der Waals surface area contributed by atoms with Gasteiger partial charge in [0.2, 0.25) is 0 Å². The van der Waals surface area contributed by atoms with Gasteiger partial charge in [-0.2, -0.15) is 0 Å². The lowest BCUT2D eigenvalue weighted by molar-refractivity contribution is -0.148. The maximum atomic E-state index is 11.1. The largest absolute Gasteiger partial charge is 0.481 e. The van der Waals surface area contributed by atoms with Crippen LogP contribution in [0.1, 0.15) is 19.3 Å². The van der Waals surface area contributed by atoms with Crippen molar-refractivity contribution < 1.29 is 44.1 Å². The molecule has 0 aliphatic carbocycles. The maximum Gasteiger partial charge on any atom is 0.343 e. The van der Waals surface area contributed by atoms with Crippen LogP contribution in [0.15, 0.2) is 0 Å². The highest BCUT2D eigenvalue weighted by Gasteiger charge is 2.55. The number of carboxylic acid groups (broad SMARTS) is 3. The van der Waals surface area contributed by atoms with E-state index in [4.69, 9.17) is 25.1 Å². The molecule has 0 rings (SSSR count). The smallest absolute Gasteiger partial charge is 0.343 e. The molecule has 0 aromatic heterocycles. The van der Waals surface area contributed by atoms with E-state index in [2.05, 4.69) is 0 Å². The van der Waals surface area contributed by atoms with E-state index >= 15 is 0 Å². The van der Waals surface area contributed by atoms with E-state index < -0.39 is 49.9 Å². The number of rotatable bonds is 7. The van der Waals surface area contributed by atoms with Crippen LogP contribution in [0.4, 0.5) is 0 Å². The molecule has 0 heterocycles. The van der Waals surface area contributed by atoms with Gasteiger partial charge in [0.1, 0.15) is 0 Å². The van der Waals surface area contributed by atoms with Crippen LogP contribution in [-0.2, 0) is 18.9 Å². The van der Waals surface area contributed by atoms with Crippen molar-refractivity contribution in [3.63, 3.8) is 0 Å². The van der Waals surface area contributed by atoms with E-state index in [1.165, 1.54) is 0 Å². The van der Waals surface area contributed by atoms with Crippen molar-refractivity contribution in [2.45, 2.75) is 24.4 Å². The molecule has 1 unspecified atom stereocenters. The van der Waals surface area contributed by atoms with E-state index in [9.17, 15) is 18.9 Å². The zero-order valence-corrected chi connectivity index (χ0v) is 11.5. The number of carboxylic acids is 3. The summed E-state index contributed by atoms with van der Waals surface area (Å²) < 4.78 is 11.1. The summed E-state index contributed by atoms with van der Waals surface area (Å²) in [5, 5.41) is 22.7. The Labute approximate surface area is 117 Å². The van der Waals surface area contributed by atoms with E-state index in [1.54, 1.807) is 0 Å². The Kier molecular flexibility index (Phi) is 7.70. The van der Waals surface area contributed by atoms with Gasteiger partial charge in [0, 0.05) is 29.5 Å². The van der Waals surface area contributed by atoms with Gasteiger partial charge in [0.25, 0.3) is 0 Å². The molecule has 0 bridgehead atoms. The molecular weight excluding hydrogens is 283 g/mol. The Morgan fingerprint density at radius 1 is 1.00 bits per heavy atom. The lowest BCUT2D eigenvalue weighted by Crippen LogP contribution is -2.41. The predicted octanol–water partition coefficient (Wildman–Crippen LogP) is -1.05. The van der Waals surface area contributed by atoms with Crippen LogP contribution in [0.3, 0.4) is 0 Å². The summed E-state index contributed by atoms with van der Waals surface area (Å²) in [6.07, 6.45) is -3.17. The number of hydrogen-bond acceptors (Lipinski definition) is 4. The molecule has 0 aliphatic heterocycles. The highest BCUT2D eigenvalue weighted by atomic mass is 31.2. The first-order valence-electron chi connectivity index (χ1n) is 4.25. The van der Waals surface area contributed by atoms with Crippen molar-refractivity contribution in [1.82, 2.24) is 0 Å². The predicted molar refractivity (Wildman–Crippen MR) is 57.3 cm³/mol. The monoisotopic (exact) mass is 294 g/mol. The molecule has 2 radical (unpaired) electrons. The molecule has 0 saturated heterocycles. The quantitative estimate of drug-likeness (QED) is 0.290. The first-order chi connectivity index (χ1) is 7.53. The molecule has 18 heavy (non-hydrogen) atoms. The van der Waals surface area contributed by atoms with Crippen LogP contribution >= 0.6 is 7.60 Å². The average Bonchev–Trinajstić information content (AvgIpc) is 2.08. The summed E-state index contributed by atoms with van der Waals surface area (Å²) in [5.41, 5.74) is 0. The highest BCUT2D eigenvalue weighted by molar-refractivity contribution is 7.54. The van der Waals surface area contributed by atoms with Crippen molar-refractivity contribution in [1.29, 1.82) is 0 Å². The fraction of sp³-hybridized carbons (Fsp3) is 0.571. The Morgan fingerprint density at radius 3 is 1.67 bits per heavy atom. The minimum atomic E-state index is -5.32. The Balaban J connectivity index is 0.